The summed E-state index contributed by atoms with van der Waals surface area (Å²) < 4.78 is 10.5. The van der Waals surface area contributed by atoms with E-state index in [1.807, 2.05) is 19.1 Å². The van der Waals surface area contributed by atoms with Gasteiger partial charge in [-0.15, -0.1) is 0 Å². The molecule has 2 aromatic rings. The molecule has 0 saturated carbocycles. The number of hydrogen-bond donors (Lipinski definition) is 2. The number of hydrogen-bond acceptors (Lipinski definition) is 5. The predicted molar refractivity (Wildman–Crippen MR) is 78.2 cm³/mol. The van der Waals surface area contributed by atoms with Crippen molar-refractivity contribution in [2.45, 2.75) is 6.92 Å². The third kappa shape index (κ3) is 3.59. The minimum absolute atomic E-state index is 0.297. The van der Waals surface area contributed by atoms with E-state index in [9.17, 15) is 4.79 Å². The number of methoxy groups -OCH3 is 2. The number of aromatic nitrogens is 3. The lowest BCUT2D eigenvalue weighted by atomic mass is 10.1. The molecule has 1 aromatic heterocycles. The number of amides is 1. The number of rotatable bonds is 5. The van der Waals surface area contributed by atoms with Gasteiger partial charge in [0, 0.05) is 17.7 Å². The van der Waals surface area contributed by atoms with Gasteiger partial charge in [0.05, 0.1) is 14.2 Å². The second-order valence-electron chi connectivity index (χ2n) is 4.22. The summed E-state index contributed by atoms with van der Waals surface area (Å²) in [4.78, 5) is 15.7. The highest BCUT2D eigenvalue weighted by Gasteiger charge is 2.09. The zero-order valence-electron chi connectivity index (χ0n) is 12.0. The number of nitrogens with zero attached hydrogens (tertiary/aromatic N) is 2. The highest BCUT2D eigenvalue weighted by atomic mass is 16.5. The normalized spacial score (nSPS) is 11.1. The molecule has 1 heterocycles. The molecule has 0 radical (unpaired) electrons. The van der Waals surface area contributed by atoms with Gasteiger partial charge in [-0.3, -0.25) is 10.1 Å². The van der Waals surface area contributed by atoms with Gasteiger partial charge in [-0.25, -0.2) is 5.10 Å². The lowest BCUT2D eigenvalue weighted by Crippen LogP contribution is -2.10. The number of H-pyrrole nitrogens is 1. The quantitative estimate of drug-likeness (QED) is 0.820. The largest absolute Gasteiger partial charge is 0.497 e. The molecule has 1 aromatic carbocycles. The molecule has 2 rings (SSSR count). The first kappa shape index (κ1) is 14.6. The maximum absolute atomic E-state index is 11.9. The number of carbonyl (C=O) groups is 1. The van der Waals surface area contributed by atoms with Gasteiger partial charge in [0.1, 0.15) is 17.8 Å². The van der Waals surface area contributed by atoms with Crippen LogP contribution in [0.2, 0.25) is 0 Å². The lowest BCUT2D eigenvalue weighted by molar-refractivity contribution is -0.111. The van der Waals surface area contributed by atoms with Crippen LogP contribution in [0.5, 0.6) is 11.5 Å². The highest BCUT2D eigenvalue weighted by Crippen LogP contribution is 2.29. The van der Waals surface area contributed by atoms with Gasteiger partial charge in [-0.05, 0) is 24.6 Å². The highest BCUT2D eigenvalue weighted by molar-refractivity contribution is 6.03. The number of benzene rings is 1. The predicted octanol–water partition coefficient (Wildman–Crippen LogP) is 1.86. The fourth-order valence-electron chi connectivity index (χ4n) is 1.82. The van der Waals surface area contributed by atoms with Crippen LogP contribution in [0, 0.1) is 0 Å². The van der Waals surface area contributed by atoms with Crippen molar-refractivity contribution in [2.75, 3.05) is 19.5 Å². The minimum atomic E-state index is -0.304. The lowest BCUT2D eigenvalue weighted by Gasteiger charge is -2.10. The fourth-order valence-corrected chi connectivity index (χ4v) is 1.82. The van der Waals surface area contributed by atoms with Crippen LogP contribution in [-0.2, 0) is 4.79 Å². The van der Waals surface area contributed by atoms with E-state index in [1.165, 1.54) is 12.4 Å². The topological polar surface area (TPSA) is 89.1 Å². The molecule has 7 nitrogen and oxygen atoms in total. The Bertz CT molecular complexity index is 650. The van der Waals surface area contributed by atoms with E-state index in [0.717, 1.165) is 11.1 Å². The number of allylic oxidation sites excluding steroid dienone is 1. The molecule has 0 atom stereocenters. The fraction of sp³-hybridized carbons (Fsp3) is 0.214. The number of anilines is 1. The number of carbonyl (C=O) groups excluding carboxylic acids is 1. The summed E-state index contributed by atoms with van der Waals surface area (Å²) in [5, 5.41) is 8.78. The average Bonchev–Trinajstić information content (AvgIpc) is 2.99. The SMILES string of the molecule is COc1ccc(/C(C)=C/C(=O)Nc2ncn[nH]2)c(OC)c1. The Balaban J connectivity index is 2.20. The molecule has 0 bridgehead atoms. The number of ether oxygens (including phenoxy) is 2. The summed E-state index contributed by atoms with van der Waals surface area (Å²) in [5.74, 6) is 1.32. The van der Waals surface area contributed by atoms with Crippen molar-refractivity contribution < 1.29 is 14.3 Å². The number of nitrogens with one attached hydrogen (secondary N) is 2. The van der Waals surface area contributed by atoms with Gasteiger partial charge in [-0.1, -0.05) is 0 Å². The van der Waals surface area contributed by atoms with E-state index in [1.54, 1.807) is 20.3 Å². The minimum Gasteiger partial charge on any atom is -0.497 e. The summed E-state index contributed by atoms with van der Waals surface area (Å²) in [5.41, 5.74) is 1.57. The Labute approximate surface area is 122 Å². The van der Waals surface area contributed by atoms with Gasteiger partial charge < -0.3 is 9.47 Å². The first-order valence-electron chi connectivity index (χ1n) is 6.21. The van der Waals surface area contributed by atoms with Crippen molar-refractivity contribution in [1.29, 1.82) is 0 Å². The molecule has 0 spiro atoms. The summed E-state index contributed by atoms with van der Waals surface area (Å²) in [6.07, 6.45) is 2.78. The van der Waals surface area contributed by atoms with Crippen LogP contribution in [0.3, 0.4) is 0 Å². The third-order valence-corrected chi connectivity index (χ3v) is 2.84. The molecule has 1 amide bonds. The van der Waals surface area contributed by atoms with Crippen LogP contribution in [0.25, 0.3) is 5.57 Å². The Morgan fingerprint density at radius 2 is 2.14 bits per heavy atom. The molecule has 0 aliphatic heterocycles. The van der Waals surface area contributed by atoms with E-state index < -0.39 is 0 Å². The van der Waals surface area contributed by atoms with E-state index >= 15 is 0 Å². The van der Waals surface area contributed by atoms with Crippen molar-refractivity contribution >= 4 is 17.4 Å². The van der Waals surface area contributed by atoms with Crippen LogP contribution < -0.4 is 14.8 Å². The van der Waals surface area contributed by atoms with Gasteiger partial charge in [-0.2, -0.15) is 10.1 Å². The van der Waals surface area contributed by atoms with Crippen molar-refractivity contribution in [3.05, 3.63) is 36.2 Å². The van der Waals surface area contributed by atoms with Gasteiger partial charge >= 0.3 is 0 Å². The molecule has 0 saturated heterocycles. The molecule has 0 fully saturated rings. The molecular weight excluding hydrogens is 272 g/mol. The maximum atomic E-state index is 11.9. The zero-order valence-corrected chi connectivity index (χ0v) is 12.0. The van der Waals surface area contributed by atoms with Crippen LogP contribution >= 0.6 is 0 Å². The molecule has 110 valence electrons. The van der Waals surface area contributed by atoms with Gasteiger partial charge in [0.2, 0.25) is 5.95 Å². The standard InChI is InChI=1S/C14H16N4O3/c1-9(6-13(19)17-14-15-8-16-18-14)11-5-4-10(20-2)7-12(11)21-3/h4-8H,1-3H3,(H2,15,16,17,18,19)/b9-6+. The van der Waals surface area contributed by atoms with Crippen molar-refractivity contribution in [2.24, 2.45) is 0 Å². The first-order valence-corrected chi connectivity index (χ1v) is 6.21. The van der Waals surface area contributed by atoms with Crippen LogP contribution in [-0.4, -0.2) is 35.3 Å². The molecule has 0 aliphatic carbocycles. The van der Waals surface area contributed by atoms with E-state index in [0.29, 0.717) is 17.4 Å². The Kier molecular flexibility index (Phi) is 4.55. The molecule has 21 heavy (non-hydrogen) atoms. The molecule has 2 N–H and O–H groups in total. The Morgan fingerprint density at radius 3 is 2.76 bits per heavy atom. The van der Waals surface area contributed by atoms with Gasteiger partial charge in [0.25, 0.3) is 5.91 Å². The van der Waals surface area contributed by atoms with Gasteiger partial charge in [0.15, 0.2) is 0 Å². The van der Waals surface area contributed by atoms with Crippen molar-refractivity contribution in [3.8, 4) is 11.5 Å². The van der Waals surface area contributed by atoms with Crippen LogP contribution in [0.4, 0.5) is 5.95 Å². The Hall–Kier alpha value is -2.83. The zero-order chi connectivity index (χ0) is 15.2. The molecular formula is C14H16N4O3. The molecule has 0 aliphatic rings. The van der Waals surface area contributed by atoms with Crippen LogP contribution in [0.15, 0.2) is 30.6 Å². The third-order valence-electron chi connectivity index (χ3n) is 2.84. The summed E-state index contributed by atoms with van der Waals surface area (Å²) >= 11 is 0. The van der Waals surface area contributed by atoms with E-state index in [-0.39, 0.29) is 5.91 Å². The summed E-state index contributed by atoms with van der Waals surface area (Å²) in [6.45, 7) is 1.82. The molecule has 0 unspecified atom stereocenters. The Morgan fingerprint density at radius 1 is 1.33 bits per heavy atom. The first-order chi connectivity index (χ1) is 10.1. The smallest absolute Gasteiger partial charge is 0.250 e. The average molecular weight is 288 g/mol. The van der Waals surface area contributed by atoms with E-state index in [2.05, 4.69) is 20.5 Å². The summed E-state index contributed by atoms with van der Waals surface area (Å²) in [7, 11) is 3.15. The van der Waals surface area contributed by atoms with E-state index in [4.69, 9.17) is 9.47 Å². The molecule has 7 heteroatoms. The van der Waals surface area contributed by atoms with Crippen LogP contribution in [0.1, 0.15) is 12.5 Å². The maximum Gasteiger partial charge on any atom is 0.250 e. The second kappa shape index (κ2) is 6.56. The monoisotopic (exact) mass is 288 g/mol. The summed E-state index contributed by atoms with van der Waals surface area (Å²) in [6, 6.07) is 5.41. The number of aromatic amines is 1. The second-order valence-corrected chi connectivity index (χ2v) is 4.22. The van der Waals surface area contributed by atoms with Crippen molar-refractivity contribution in [3.63, 3.8) is 0 Å². The van der Waals surface area contributed by atoms with Crippen molar-refractivity contribution in [1.82, 2.24) is 15.2 Å².